The molecule has 7 heteroatoms. The molecule has 0 radical (unpaired) electrons. The number of anilines is 1. The number of carbonyl (C=O) groups excluding carboxylic acids is 1. The summed E-state index contributed by atoms with van der Waals surface area (Å²) in [6, 6.07) is 20.0. The molecule has 0 atom stereocenters. The van der Waals surface area contributed by atoms with Crippen LogP contribution < -0.4 is 4.90 Å². The van der Waals surface area contributed by atoms with Crippen molar-refractivity contribution in [3.05, 3.63) is 105 Å². The highest BCUT2D eigenvalue weighted by atomic mass is 32.1. The topological polar surface area (TPSA) is 76.3 Å². The number of hydrogen-bond acceptors (Lipinski definition) is 5. The molecule has 0 aliphatic heterocycles. The number of amides is 1. The minimum absolute atomic E-state index is 0.0161. The SMILES string of the molecule is Cc1cc2nc(N(Cc3ccccc3)C(=O)/C=C/c3cccc([N+](=O)[O-])c3)sc2cc1C. The van der Waals surface area contributed by atoms with Gasteiger partial charge in [0.25, 0.3) is 11.6 Å². The average molecular weight is 444 g/mol. The monoisotopic (exact) mass is 443 g/mol. The van der Waals surface area contributed by atoms with E-state index in [1.54, 1.807) is 23.1 Å². The van der Waals surface area contributed by atoms with Crippen molar-refractivity contribution in [3.8, 4) is 0 Å². The van der Waals surface area contributed by atoms with E-state index >= 15 is 0 Å². The molecule has 6 nitrogen and oxygen atoms in total. The van der Waals surface area contributed by atoms with E-state index in [9.17, 15) is 14.9 Å². The van der Waals surface area contributed by atoms with Gasteiger partial charge in [-0.1, -0.05) is 53.8 Å². The number of aryl methyl sites for hydroxylation is 2. The molecule has 0 saturated heterocycles. The summed E-state index contributed by atoms with van der Waals surface area (Å²) in [4.78, 5) is 30.2. The van der Waals surface area contributed by atoms with Crippen LogP contribution in [0.2, 0.25) is 0 Å². The smallest absolute Gasteiger partial charge is 0.270 e. The lowest BCUT2D eigenvalue weighted by Crippen LogP contribution is -2.28. The Morgan fingerprint density at radius 2 is 1.81 bits per heavy atom. The lowest BCUT2D eigenvalue weighted by Gasteiger charge is -2.18. The molecule has 4 aromatic rings. The summed E-state index contributed by atoms with van der Waals surface area (Å²) in [7, 11) is 0. The van der Waals surface area contributed by atoms with E-state index in [2.05, 4.69) is 13.0 Å². The lowest BCUT2D eigenvalue weighted by molar-refractivity contribution is -0.384. The van der Waals surface area contributed by atoms with Gasteiger partial charge in [0.15, 0.2) is 5.13 Å². The van der Waals surface area contributed by atoms with Crippen LogP contribution in [0.25, 0.3) is 16.3 Å². The predicted octanol–water partition coefficient (Wildman–Crippen LogP) is 6.07. The van der Waals surface area contributed by atoms with Gasteiger partial charge < -0.3 is 0 Å². The Balaban J connectivity index is 1.68. The van der Waals surface area contributed by atoms with Crippen molar-refractivity contribution in [2.24, 2.45) is 0 Å². The zero-order valence-electron chi connectivity index (χ0n) is 17.7. The molecule has 1 amide bonds. The molecular weight excluding hydrogens is 422 g/mol. The molecule has 0 N–H and O–H groups in total. The van der Waals surface area contributed by atoms with Gasteiger partial charge in [-0.15, -0.1) is 0 Å². The number of hydrogen-bond donors (Lipinski definition) is 0. The molecule has 4 rings (SSSR count). The molecule has 3 aromatic carbocycles. The summed E-state index contributed by atoms with van der Waals surface area (Å²) < 4.78 is 1.02. The summed E-state index contributed by atoms with van der Waals surface area (Å²) in [6.07, 6.45) is 3.03. The van der Waals surface area contributed by atoms with Gasteiger partial charge in [0.05, 0.1) is 21.7 Å². The molecular formula is C25H21N3O3S. The highest BCUT2D eigenvalue weighted by molar-refractivity contribution is 7.22. The first-order valence-electron chi connectivity index (χ1n) is 10.1. The van der Waals surface area contributed by atoms with Gasteiger partial charge in [-0.05, 0) is 54.3 Å². The Morgan fingerprint density at radius 1 is 1.06 bits per heavy atom. The van der Waals surface area contributed by atoms with Crippen molar-refractivity contribution in [1.29, 1.82) is 0 Å². The van der Waals surface area contributed by atoms with Crippen LogP contribution in [0.1, 0.15) is 22.3 Å². The van der Waals surface area contributed by atoms with Gasteiger partial charge in [-0.2, -0.15) is 0 Å². The molecule has 0 bridgehead atoms. The first kappa shape index (κ1) is 21.4. The fourth-order valence-electron chi connectivity index (χ4n) is 3.29. The number of carbonyl (C=O) groups is 1. The summed E-state index contributed by atoms with van der Waals surface area (Å²) in [5.41, 5.74) is 4.75. The van der Waals surface area contributed by atoms with E-state index in [0.717, 1.165) is 21.3 Å². The van der Waals surface area contributed by atoms with Crippen molar-refractivity contribution in [2.45, 2.75) is 20.4 Å². The molecule has 1 heterocycles. The maximum Gasteiger partial charge on any atom is 0.270 e. The van der Waals surface area contributed by atoms with Gasteiger partial charge in [-0.3, -0.25) is 19.8 Å². The highest BCUT2D eigenvalue weighted by Crippen LogP contribution is 2.32. The summed E-state index contributed by atoms with van der Waals surface area (Å²) in [6.45, 7) is 4.47. The van der Waals surface area contributed by atoms with E-state index in [1.165, 1.54) is 35.1 Å². The van der Waals surface area contributed by atoms with Crippen LogP contribution in [0.5, 0.6) is 0 Å². The molecule has 0 aliphatic rings. The predicted molar refractivity (Wildman–Crippen MR) is 129 cm³/mol. The molecule has 0 fully saturated rings. The van der Waals surface area contributed by atoms with Gasteiger partial charge >= 0.3 is 0 Å². The number of benzene rings is 3. The third kappa shape index (κ3) is 4.73. The van der Waals surface area contributed by atoms with Crippen LogP contribution >= 0.6 is 11.3 Å². The van der Waals surface area contributed by atoms with Gasteiger partial charge in [0.1, 0.15) is 0 Å². The normalized spacial score (nSPS) is 11.2. The average Bonchev–Trinajstić information content (AvgIpc) is 3.19. The van der Waals surface area contributed by atoms with Crippen molar-refractivity contribution in [2.75, 3.05) is 4.90 Å². The minimum atomic E-state index is -0.452. The number of nitrogens with zero attached hydrogens (tertiary/aromatic N) is 3. The fraction of sp³-hybridized carbons (Fsp3) is 0.120. The zero-order chi connectivity index (χ0) is 22.7. The van der Waals surface area contributed by atoms with Gasteiger partial charge in [0.2, 0.25) is 0 Å². The Morgan fingerprint density at radius 3 is 2.56 bits per heavy atom. The second-order valence-corrected chi connectivity index (χ2v) is 8.51. The number of aromatic nitrogens is 1. The second-order valence-electron chi connectivity index (χ2n) is 7.50. The van der Waals surface area contributed by atoms with Crippen molar-refractivity contribution >= 4 is 44.4 Å². The Labute approximate surface area is 189 Å². The quantitative estimate of drug-likeness (QED) is 0.206. The summed E-state index contributed by atoms with van der Waals surface area (Å²) >= 11 is 1.47. The van der Waals surface area contributed by atoms with Crippen LogP contribution in [0.3, 0.4) is 0 Å². The Bertz CT molecular complexity index is 1290. The number of nitro groups is 1. The number of non-ortho nitro benzene ring substituents is 1. The van der Waals surface area contributed by atoms with Crippen LogP contribution in [-0.4, -0.2) is 15.8 Å². The Kier molecular flexibility index (Phi) is 6.09. The lowest BCUT2D eigenvalue weighted by atomic mass is 10.1. The molecule has 0 saturated carbocycles. The maximum absolute atomic E-state index is 13.2. The molecule has 32 heavy (non-hydrogen) atoms. The summed E-state index contributed by atoms with van der Waals surface area (Å²) in [5, 5.41) is 11.6. The van der Waals surface area contributed by atoms with E-state index in [-0.39, 0.29) is 11.6 Å². The molecule has 0 aliphatic carbocycles. The standard InChI is InChI=1S/C25H21N3O3S/c1-17-13-22-23(14-18(17)2)32-25(26-22)27(16-20-7-4-3-5-8-20)24(29)12-11-19-9-6-10-21(15-19)28(30)31/h3-15H,16H2,1-2H3/b12-11+. The molecule has 160 valence electrons. The largest absolute Gasteiger partial charge is 0.280 e. The van der Waals surface area contributed by atoms with Gasteiger partial charge in [0, 0.05) is 18.2 Å². The van der Waals surface area contributed by atoms with Crippen LogP contribution in [-0.2, 0) is 11.3 Å². The van der Waals surface area contributed by atoms with E-state index < -0.39 is 4.92 Å². The van der Waals surface area contributed by atoms with Crippen molar-refractivity contribution in [1.82, 2.24) is 4.98 Å². The molecule has 0 unspecified atom stereocenters. The second kappa shape index (κ2) is 9.11. The van der Waals surface area contributed by atoms with Gasteiger partial charge in [-0.25, -0.2) is 4.98 Å². The highest BCUT2D eigenvalue weighted by Gasteiger charge is 2.19. The van der Waals surface area contributed by atoms with Crippen molar-refractivity contribution < 1.29 is 9.72 Å². The van der Waals surface area contributed by atoms with E-state index in [0.29, 0.717) is 17.2 Å². The minimum Gasteiger partial charge on any atom is -0.280 e. The number of fused-ring (bicyclic) bond motifs is 1. The molecule has 0 spiro atoms. The number of nitro benzene ring substituents is 1. The number of rotatable bonds is 6. The summed E-state index contributed by atoms with van der Waals surface area (Å²) in [5.74, 6) is -0.243. The van der Waals surface area contributed by atoms with E-state index in [4.69, 9.17) is 4.98 Å². The Hall–Kier alpha value is -3.84. The third-order valence-corrected chi connectivity index (χ3v) is 6.21. The van der Waals surface area contributed by atoms with Crippen LogP contribution in [0.15, 0.2) is 72.8 Å². The first-order chi connectivity index (χ1) is 15.4. The number of thiazole rings is 1. The van der Waals surface area contributed by atoms with Crippen LogP contribution in [0, 0.1) is 24.0 Å². The fourth-order valence-corrected chi connectivity index (χ4v) is 4.34. The first-order valence-corrected chi connectivity index (χ1v) is 10.9. The van der Waals surface area contributed by atoms with Crippen molar-refractivity contribution in [3.63, 3.8) is 0 Å². The van der Waals surface area contributed by atoms with Crippen LogP contribution in [0.4, 0.5) is 10.8 Å². The molecule has 1 aromatic heterocycles. The van der Waals surface area contributed by atoms with E-state index in [1.807, 2.05) is 43.3 Å². The third-order valence-electron chi connectivity index (χ3n) is 5.17. The maximum atomic E-state index is 13.2. The zero-order valence-corrected chi connectivity index (χ0v) is 18.5.